The van der Waals surface area contributed by atoms with Crippen LogP contribution < -0.4 is 16.5 Å². The van der Waals surface area contributed by atoms with Crippen LogP contribution in [0.25, 0.3) is 0 Å². The minimum absolute atomic E-state index is 0.356. The minimum Gasteiger partial charge on any atom is -0.339 e. The summed E-state index contributed by atoms with van der Waals surface area (Å²) in [5, 5.41) is 11.2. The van der Waals surface area contributed by atoms with Gasteiger partial charge in [0.1, 0.15) is 6.04 Å². The third-order valence-corrected chi connectivity index (χ3v) is 3.56. The van der Waals surface area contributed by atoms with Crippen molar-refractivity contribution in [3.8, 4) is 23.7 Å². The first-order chi connectivity index (χ1) is 12.3. The smallest absolute Gasteiger partial charge is 0.267 e. The van der Waals surface area contributed by atoms with Crippen molar-refractivity contribution in [1.29, 1.82) is 0 Å². The summed E-state index contributed by atoms with van der Waals surface area (Å²) in [5.74, 6) is 10.9. The SMILES string of the molecule is CC(C)CCC#CC#Cc1ccc(C(=O)N[C@H](C(=O)NO)[C@@H](C)N)cc1. The summed E-state index contributed by atoms with van der Waals surface area (Å²) in [6.07, 6.45) is 1.88. The van der Waals surface area contributed by atoms with Crippen LogP contribution in [0.2, 0.25) is 0 Å². The van der Waals surface area contributed by atoms with Crippen molar-refractivity contribution in [2.24, 2.45) is 11.7 Å². The van der Waals surface area contributed by atoms with Crippen LogP contribution in [0.5, 0.6) is 0 Å². The Morgan fingerprint density at radius 3 is 2.35 bits per heavy atom. The first-order valence-corrected chi connectivity index (χ1v) is 8.44. The highest BCUT2D eigenvalue weighted by Gasteiger charge is 2.24. The summed E-state index contributed by atoms with van der Waals surface area (Å²) >= 11 is 0. The Balaban J connectivity index is 2.69. The number of benzene rings is 1. The van der Waals surface area contributed by atoms with Crippen LogP contribution in [-0.2, 0) is 4.79 Å². The number of rotatable bonds is 6. The number of hydrogen-bond donors (Lipinski definition) is 4. The molecule has 5 N–H and O–H groups in total. The Kier molecular flexibility index (Phi) is 8.94. The van der Waals surface area contributed by atoms with Gasteiger partial charge in [-0.15, -0.1) is 0 Å². The quantitative estimate of drug-likeness (QED) is 0.352. The first kappa shape index (κ1) is 21.2. The second-order valence-corrected chi connectivity index (χ2v) is 6.35. The average molecular weight is 355 g/mol. The summed E-state index contributed by atoms with van der Waals surface area (Å²) < 4.78 is 0. The number of carbonyl (C=O) groups excluding carboxylic acids is 2. The highest BCUT2D eigenvalue weighted by atomic mass is 16.5. The van der Waals surface area contributed by atoms with Crippen molar-refractivity contribution >= 4 is 11.8 Å². The fourth-order valence-corrected chi connectivity index (χ4v) is 2.01. The lowest BCUT2D eigenvalue weighted by molar-refractivity contribution is -0.131. The molecule has 0 aliphatic carbocycles. The molecule has 0 aliphatic rings. The van der Waals surface area contributed by atoms with Crippen LogP contribution in [-0.4, -0.2) is 29.1 Å². The lowest BCUT2D eigenvalue weighted by Gasteiger charge is -2.19. The minimum atomic E-state index is -1.03. The fourth-order valence-electron chi connectivity index (χ4n) is 2.01. The molecule has 138 valence electrons. The molecule has 0 aliphatic heterocycles. The van der Waals surface area contributed by atoms with E-state index in [1.165, 1.54) is 5.48 Å². The van der Waals surface area contributed by atoms with E-state index in [9.17, 15) is 9.59 Å². The topological polar surface area (TPSA) is 104 Å². The van der Waals surface area contributed by atoms with Gasteiger partial charge in [0.15, 0.2) is 0 Å². The van der Waals surface area contributed by atoms with Gasteiger partial charge in [-0.25, -0.2) is 5.48 Å². The zero-order valence-corrected chi connectivity index (χ0v) is 15.3. The molecular weight excluding hydrogens is 330 g/mol. The zero-order chi connectivity index (χ0) is 19.5. The number of hydroxylamine groups is 1. The molecule has 0 spiro atoms. The van der Waals surface area contributed by atoms with Crippen LogP contribution in [0, 0.1) is 29.6 Å². The van der Waals surface area contributed by atoms with Gasteiger partial charge >= 0.3 is 0 Å². The molecule has 1 aromatic carbocycles. The number of nitrogens with two attached hydrogens (primary N) is 1. The van der Waals surface area contributed by atoms with E-state index in [-0.39, 0.29) is 0 Å². The van der Waals surface area contributed by atoms with Gasteiger partial charge in [-0.3, -0.25) is 14.8 Å². The summed E-state index contributed by atoms with van der Waals surface area (Å²) in [7, 11) is 0. The molecule has 0 unspecified atom stereocenters. The highest BCUT2D eigenvalue weighted by molar-refractivity contribution is 5.97. The summed E-state index contributed by atoms with van der Waals surface area (Å²) in [6, 6.07) is 4.90. The standard InChI is InChI=1S/C20H25N3O3/c1-14(2)8-6-4-5-7-9-16-10-12-17(13-11-16)19(24)22-18(15(3)21)20(25)23-26/h10-15,18,26H,6,8,21H2,1-3H3,(H,22,24)(H,23,25)/t15-,18+/m1/s1. The van der Waals surface area contributed by atoms with Crippen molar-refractivity contribution in [3.63, 3.8) is 0 Å². The molecule has 1 aromatic rings. The normalized spacial score (nSPS) is 12.1. The monoisotopic (exact) mass is 355 g/mol. The van der Waals surface area contributed by atoms with Crippen molar-refractivity contribution in [3.05, 3.63) is 35.4 Å². The van der Waals surface area contributed by atoms with Gasteiger partial charge in [-0.2, -0.15) is 0 Å². The second kappa shape index (κ2) is 10.9. The van der Waals surface area contributed by atoms with E-state index in [0.717, 1.165) is 18.4 Å². The maximum absolute atomic E-state index is 12.2. The Morgan fingerprint density at radius 1 is 1.15 bits per heavy atom. The second-order valence-electron chi connectivity index (χ2n) is 6.35. The summed E-state index contributed by atoms with van der Waals surface area (Å²) in [6.45, 7) is 5.86. The number of nitrogens with one attached hydrogen (secondary N) is 2. The molecule has 2 atom stereocenters. The first-order valence-electron chi connectivity index (χ1n) is 8.44. The molecule has 6 heteroatoms. The zero-order valence-electron chi connectivity index (χ0n) is 15.3. The van der Waals surface area contributed by atoms with E-state index < -0.39 is 23.9 Å². The molecule has 0 saturated carbocycles. The number of hydrogen-bond acceptors (Lipinski definition) is 4. The maximum atomic E-state index is 12.2. The molecule has 0 radical (unpaired) electrons. The lowest BCUT2D eigenvalue weighted by Crippen LogP contribution is -2.54. The average Bonchev–Trinajstić information content (AvgIpc) is 2.61. The molecule has 0 saturated heterocycles. The third-order valence-electron chi connectivity index (χ3n) is 3.56. The predicted octanol–water partition coefficient (Wildman–Crippen LogP) is 1.43. The van der Waals surface area contributed by atoms with Gasteiger partial charge in [0, 0.05) is 23.6 Å². The molecule has 0 aromatic heterocycles. The van der Waals surface area contributed by atoms with Crippen molar-refractivity contribution in [2.75, 3.05) is 0 Å². The van der Waals surface area contributed by atoms with E-state index in [1.54, 1.807) is 31.2 Å². The highest BCUT2D eigenvalue weighted by Crippen LogP contribution is 2.05. The lowest BCUT2D eigenvalue weighted by atomic mass is 10.1. The van der Waals surface area contributed by atoms with Gasteiger partial charge in [0.25, 0.3) is 11.8 Å². The van der Waals surface area contributed by atoms with Gasteiger partial charge < -0.3 is 11.1 Å². The maximum Gasteiger partial charge on any atom is 0.267 e. The van der Waals surface area contributed by atoms with Crippen molar-refractivity contribution < 1.29 is 14.8 Å². The van der Waals surface area contributed by atoms with E-state index in [0.29, 0.717) is 11.5 Å². The van der Waals surface area contributed by atoms with Crippen molar-refractivity contribution in [1.82, 2.24) is 10.8 Å². The Hall–Kier alpha value is -2.80. The Morgan fingerprint density at radius 2 is 1.81 bits per heavy atom. The summed E-state index contributed by atoms with van der Waals surface area (Å²) in [4.78, 5) is 23.7. The molecule has 0 heterocycles. The van der Waals surface area contributed by atoms with Gasteiger partial charge in [0.05, 0.1) is 0 Å². The molecular formula is C20H25N3O3. The van der Waals surface area contributed by atoms with Crippen LogP contribution in [0.3, 0.4) is 0 Å². The Bertz CT molecular complexity index is 732. The molecule has 26 heavy (non-hydrogen) atoms. The van der Waals surface area contributed by atoms with Crippen LogP contribution >= 0.6 is 0 Å². The van der Waals surface area contributed by atoms with E-state index in [1.807, 2.05) is 0 Å². The van der Waals surface area contributed by atoms with Gasteiger partial charge in [0.2, 0.25) is 0 Å². The third kappa shape index (κ3) is 7.40. The number of amides is 2. The largest absolute Gasteiger partial charge is 0.339 e. The molecule has 6 nitrogen and oxygen atoms in total. The molecule has 0 bridgehead atoms. The molecule has 2 amide bonds. The van der Waals surface area contributed by atoms with E-state index in [2.05, 4.69) is 42.8 Å². The fraction of sp³-hybridized carbons (Fsp3) is 0.400. The molecule has 1 rings (SSSR count). The van der Waals surface area contributed by atoms with Crippen molar-refractivity contribution in [2.45, 2.75) is 45.7 Å². The van der Waals surface area contributed by atoms with E-state index >= 15 is 0 Å². The van der Waals surface area contributed by atoms with Gasteiger partial charge in [-0.05, 0) is 55.4 Å². The van der Waals surface area contributed by atoms with Crippen LogP contribution in [0.1, 0.15) is 49.5 Å². The van der Waals surface area contributed by atoms with Crippen LogP contribution in [0.4, 0.5) is 0 Å². The van der Waals surface area contributed by atoms with Crippen LogP contribution in [0.15, 0.2) is 24.3 Å². The Labute approximate surface area is 154 Å². The predicted molar refractivity (Wildman–Crippen MR) is 100 cm³/mol. The van der Waals surface area contributed by atoms with Gasteiger partial charge in [-0.1, -0.05) is 25.7 Å². The summed E-state index contributed by atoms with van der Waals surface area (Å²) in [5.41, 5.74) is 8.23. The van der Waals surface area contributed by atoms with E-state index in [4.69, 9.17) is 10.9 Å². The molecule has 0 fully saturated rings. The number of carbonyl (C=O) groups is 2.